The van der Waals surface area contributed by atoms with Crippen molar-refractivity contribution < 1.29 is 14.4 Å². The molecule has 158 valence electrons. The van der Waals surface area contributed by atoms with Crippen LogP contribution in [-0.2, 0) is 4.79 Å². The van der Waals surface area contributed by atoms with E-state index >= 15 is 0 Å². The van der Waals surface area contributed by atoms with E-state index in [2.05, 4.69) is 15.4 Å². The molecule has 0 radical (unpaired) electrons. The van der Waals surface area contributed by atoms with E-state index in [1.54, 1.807) is 53.6 Å². The van der Waals surface area contributed by atoms with Crippen LogP contribution in [0.25, 0.3) is 16.6 Å². The van der Waals surface area contributed by atoms with E-state index in [-0.39, 0.29) is 30.7 Å². The van der Waals surface area contributed by atoms with Gasteiger partial charge in [-0.3, -0.25) is 19.3 Å². The van der Waals surface area contributed by atoms with Crippen LogP contribution in [0, 0.1) is 0 Å². The largest absolute Gasteiger partial charge is 0.323 e. The van der Waals surface area contributed by atoms with Gasteiger partial charge in [-0.05, 0) is 42.1 Å². The molecule has 8 nitrogen and oxygen atoms in total. The summed E-state index contributed by atoms with van der Waals surface area (Å²) >= 11 is 0. The highest BCUT2D eigenvalue weighted by atomic mass is 16.2. The number of hydrogen-bond donors (Lipinski definition) is 1. The fourth-order valence-corrected chi connectivity index (χ4v) is 3.97. The number of anilines is 1. The predicted octanol–water partition coefficient (Wildman–Crippen LogP) is 3.44. The van der Waals surface area contributed by atoms with Gasteiger partial charge in [0.25, 0.3) is 11.8 Å². The molecule has 0 fully saturated rings. The topological polar surface area (TPSA) is 97.2 Å². The molecule has 1 aliphatic rings. The number of pyridine rings is 1. The van der Waals surface area contributed by atoms with Crippen molar-refractivity contribution >= 4 is 34.2 Å². The van der Waals surface area contributed by atoms with Crippen LogP contribution >= 0.6 is 0 Å². The maximum absolute atomic E-state index is 12.9. The number of carbonyl (C=O) groups is 3. The molecule has 1 aliphatic heterocycles. The summed E-state index contributed by atoms with van der Waals surface area (Å²) in [5.74, 6) is -0.372. The van der Waals surface area contributed by atoms with Crippen LogP contribution < -0.4 is 5.32 Å². The van der Waals surface area contributed by atoms with Crippen LogP contribution in [-0.4, -0.2) is 43.9 Å². The second-order valence-electron chi connectivity index (χ2n) is 7.45. The first-order valence-electron chi connectivity index (χ1n) is 10.3. The Morgan fingerprint density at radius 1 is 0.906 bits per heavy atom. The molecule has 0 unspecified atom stereocenters. The van der Waals surface area contributed by atoms with E-state index in [9.17, 15) is 14.4 Å². The Balaban J connectivity index is 1.26. The summed E-state index contributed by atoms with van der Waals surface area (Å²) in [6.45, 7) is 0.162. The van der Waals surface area contributed by atoms with Gasteiger partial charge in [0.1, 0.15) is 0 Å². The van der Waals surface area contributed by atoms with Crippen molar-refractivity contribution in [3.63, 3.8) is 0 Å². The molecule has 3 heterocycles. The summed E-state index contributed by atoms with van der Waals surface area (Å²) in [5.41, 5.74) is 1.56. The van der Waals surface area contributed by atoms with Crippen molar-refractivity contribution in [2.75, 3.05) is 11.9 Å². The summed E-state index contributed by atoms with van der Waals surface area (Å²) in [5, 5.41) is 8.55. The van der Waals surface area contributed by atoms with Crippen molar-refractivity contribution in [3.8, 4) is 5.82 Å². The molecule has 0 bridgehead atoms. The van der Waals surface area contributed by atoms with Gasteiger partial charge in [-0.2, -0.15) is 5.10 Å². The van der Waals surface area contributed by atoms with E-state index in [1.165, 1.54) is 4.90 Å². The summed E-state index contributed by atoms with van der Waals surface area (Å²) in [4.78, 5) is 43.9. The van der Waals surface area contributed by atoms with Gasteiger partial charge in [-0.1, -0.05) is 24.3 Å². The van der Waals surface area contributed by atoms with Gasteiger partial charge in [0, 0.05) is 48.1 Å². The highest BCUT2D eigenvalue weighted by Gasteiger charge is 2.32. The number of benzene rings is 2. The molecule has 0 atom stereocenters. The maximum Gasteiger partial charge on any atom is 0.261 e. The second-order valence-corrected chi connectivity index (χ2v) is 7.45. The molecular formula is C24H19N5O3. The molecule has 3 amide bonds. The molecule has 0 saturated carbocycles. The highest BCUT2D eigenvalue weighted by molar-refractivity contribution is 6.25. The van der Waals surface area contributed by atoms with Crippen LogP contribution in [0.3, 0.4) is 0 Å². The van der Waals surface area contributed by atoms with Crippen molar-refractivity contribution in [3.05, 3.63) is 84.3 Å². The third-order valence-electron chi connectivity index (χ3n) is 5.42. The Hall–Kier alpha value is -4.33. The summed E-state index contributed by atoms with van der Waals surface area (Å²) < 4.78 is 1.57. The number of hydrogen-bond acceptors (Lipinski definition) is 5. The van der Waals surface area contributed by atoms with Crippen molar-refractivity contribution in [1.82, 2.24) is 19.7 Å². The molecule has 8 heteroatoms. The smallest absolute Gasteiger partial charge is 0.261 e. The standard InChI is InChI=1S/C24H19N5O3/c30-20(27-19-10-3-12-25-22(19)29-15-5-13-26-29)11-4-14-28-23(31)17-8-1-6-16-7-2-9-18(21(16)17)24(28)32/h1-3,5-10,12-13,15H,4,11,14H2,(H,27,30). The quantitative estimate of drug-likeness (QED) is 0.478. The second kappa shape index (κ2) is 8.07. The normalized spacial score (nSPS) is 12.9. The van der Waals surface area contributed by atoms with E-state index < -0.39 is 0 Å². The summed E-state index contributed by atoms with van der Waals surface area (Å²) in [6.07, 6.45) is 5.49. The monoisotopic (exact) mass is 425 g/mol. The van der Waals surface area contributed by atoms with Crippen molar-refractivity contribution in [2.45, 2.75) is 12.8 Å². The minimum Gasteiger partial charge on any atom is -0.323 e. The number of aromatic nitrogens is 3. The molecule has 0 spiro atoms. The fraction of sp³-hybridized carbons (Fsp3) is 0.125. The molecule has 0 aliphatic carbocycles. The summed E-state index contributed by atoms with van der Waals surface area (Å²) in [7, 11) is 0. The van der Waals surface area contributed by atoms with Gasteiger partial charge in [0.05, 0.1) is 5.69 Å². The Morgan fingerprint density at radius 2 is 1.66 bits per heavy atom. The zero-order chi connectivity index (χ0) is 22.1. The molecule has 2 aromatic heterocycles. The minimum absolute atomic E-state index is 0.149. The lowest BCUT2D eigenvalue weighted by atomic mass is 9.94. The van der Waals surface area contributed by atoms with Gasteiger partial charge < -0.3 is 5.32 Å². The van der Waals surface area contributed by atoms with E-state index in [0.29, 0.717) is 34.4 Å². The highest BCUT2D eigenvalue weighted by Crippen LogP contribution is 2.30. The first kappa shape index (κ1) is 19.6. The SMILES string of the molecule is O=C(CCCN1C(=O)c2cccc3cccc(c23)C1=O)Nc1cccnc1-n1cccn1. The zero-order valence-corrected chi connectivity index (χ0v) is 17.1. The Morgan fingerprint density at radius 3 is 2.34 bits per heavy atom. The number of rotatable bonds is 6. The van der Waals surface area contributed by atoms with Crippen molar-refractivity contribution in [1.29, 1.82) is 0 Å². The molecule has 32 heavy (non-hydrogen) atoms. The fourth-order valence-electron chi connectivity index (χ4n) is 3.97. The van der Waals surface area contributed by atoms with E-state index in [0.717, 1.165) is 5.39 Å². The predicted molar refractivity (Wildman–Crippen MR) is 119 cm³/mol. The lowest BCUT2D eigenvalue weighted by Gasteiger charge is -2.27. The Bertz CT molecular complexity index is 1300. The van der Waals surface area contributed by atoms with Crippen LogP contribution in [0.4, 0.5) is 5.69 Å². The molecule has 4 aromatic rings. The van der Waals surface area contributed by atoms with Gasteiger partial charge in [-0.15, -0.1) is 0 Å². The number of amides is 3. The van der Waals surface area contributed by atoms with Crippen LogP contribution in [0.2, 0.25) is 0 Å². The average molecular weight is 425 g/mol. The Labute approximate surface area is 183 Å². The molecule has 2 aromatic carbocycles. The minimum atomic E-state index is -0.326. The first-order chi connectivity index (χ1) is 15.6. The van der Waals surface area contributed by atoms with E-state index in [1.807, 2.05) is 24.3 Å². The lowest BCUT2D eigenvalue weighted by molar-refractivity contribution is -0.116. The number of nitrogens with zero attached hydrogens (tertiary/aromatic N) is 4. The molecule has 1 N–H and O–H groups in total. The van der Waals surface area contributed by atoms with Gasteiger partial charge in [-0.25, -0.2) is 9.67 Å². The average Bonchev–Trinajstić information content (AvgIpc) is 3.35. The van der Waals surface area contributed by atoms with Gasteiger partial charge in [0.2, 0.25) is 5.91 Å². The third-order valence-corrected chi connectivity index (χ3v) is 5.42. The van der Waals surface area contributed by atoms with E-state index in [4.69, 9.17) is 0 Å². The van der Waals surface area contributed by atoms with Crippen LogP contribution in [0.15, 0.2) is 73.2 Å². The molecule has 5 rings (SSSR count). The lowest BCUT2D eigenvalue weighted by Crippen LogP contribution is -2.41. The zero-order valence-electron chi connectivity index (χ0n) is 17.1. The van der Waals surface area contributed by atoms with Crippen molar-refractivity contribution in [2.24, 2.45) is 0 Å². The maximum atomic E-state index is 12.9. The molecule has 0 saturated heterocycles. The van der Waals surface area contributed by atoms with Gasteiger partial charge >= 0.3 is 0 Å². The number of imide groups is 1. The number of carbonyl (C=O) groups excluding carboxylic acids is 3. The van der Waals surface area contributed by atoms with Crippen LogP contribution in [0.1, 0.15) is 33.6 Å². The first-order valence-corrected chi connectivity index (χ1v) is 10.3. The third kappa shape index (κ3) is 3.41. The Kier molecular flexibility index (Phi) is 4.95. The van der Waals surface area contributed by atoms with Crippen LogP contribution in [0.5, 0.6) is 0 Å². The van der Waals surface area contributed by atoms with Gasteiger partial charge in [0.15, 0.2) is 5.82 Å². The molecular weight excluding hydrogens is 406 g/mol. The summed E-state index contributed by atoms with van der Waals surface area (Å²) in [6, 6.07) is 16.1. The number of nitrogens with one attached hydrogen (secondary N) is 1.